The molecule has 1 N–H and O–H groups in total. The highest BCUT2D eigenvalue weighted by atomic mass is 16.2. The van der Waals surface area contributed by atoms with Crippen molar-refractivity contribution in [3.63, 3.8) is 0 Å². The van der Waals surface area contributed by atoms with Gasteiger partial charge in [0.05, 0.1) is 6.54 Å². The van der Waals surface area contributed by atoms with Gasteiger partial charge in [0, 0.05) is 18.2 Å². The predicted octanol–water partition coefficient (Wildman–Crippen LogP) is -0.0298. The van der Waals surface area contributed by atoms with E-state index in [1.54, 1.807) is 18.7 Å². The zero-order chi connectivity index (χ0) is 11.9. The maximum atomic E-state index is 11.7. The Morgan fingerprint density at radius 2 is 1.94 bits per heavy atom. The van der Waals surface area contributed by atoms with Crippen molar-refractivity contribution in [1.82, 2.24) is 10.2 Å². The van der Waals surface area contributed by atoms with E-state index in [4.69, 9.17) is 0 Å². The first-order valence-corrected chi connectivity index (χ1v) is 5.26. The highest BCUT2D eigenvalue weighted by molar-refractivity contribution is 6.03. The number of carbonyl (C=O) groups is 3. The molecule has 16 heavy (non-hydrogen) atoms. The average molecular weight is 222 g/mol. The van der Waals surface area contributed by atoms with Crippen molar-refractivity contribution in [3.05, 3.63) is 11.8 Å². The van der Waals surface area contributed by atoms with Gasteiger partial charge in [-0.15, -0.1) is 0 Å². The minimum Gasteiger partial charge on any atom is -0.351 e. The third kappa shape index (κ3) is 1.62. The quantitative estimate of drug-likeness (QED) is 0.633. The Hall–Kier alpha value is -1.65. The number of nitrogens with zero attached hydrogens (tertiary/aromatic N) is 1. The van der Waals surface area contributed by atoms with Crippen LogP contribution in [0.4, 0.5) is 0 Å². The second-order valence-corrected chi connectivity index (χ2v) is 4.62. The average Bonchev–Trinajstić information content (AvgIpc) is 2.58. The monoisotopic (exact) mass is 222 g/mol. The Balaban J connectivity index is 2.31. The standard InChI is InChI=1S/C11H14N2O3/c1-11(2)10(16)12-9(15)6-13(11)7-3-4-8(14)5-7/h5H,3-4,6H2,1-2H3,(H,12,15,16). The van der Waals surface area contributed by atoms with Gasteiger partial charge >= 0.3 is 0 Å². The van der Waals surface area contributed by atoms with E-state index >= 15 is 0 Å². The molecule has 1 heterocycles. The number of rotatable bonds is 1. The van der Waals surface area contributed by atoms with Crippen molar-refractivity contribution in [2.75, 3.05) is 6.54 Å². The van der Waals surface area contributed by atoms with E-state index in [1.807, 2.05) is 0 Å². The van der Waals surface area contributed by atoms with Crippen molar-refractivity contribution >= 4 is 17.6 Å². The number of amides is 2. The summed E-state index contributed by atoms with van der Waals surface area (Å²) >= 11 is 0. The van der Waals surface area contributed by atoms with Crippen LogP contribution >= 0.6 is 0 Å². The SMILES string of the molecule is CC1(C)C(=O)NC(=O)CN1C1=CC(=O)CC1. The Bertz CT molecular complexity index is 409. The molecule has 2 aliphatic rings. The van der Waals surface area contributed by atoms with Crippen molar-refractivity contribution in [2.45, 2.75) is 32.2 Å². The minimum atomic E-state index is -0.773. The fraction of sp³-hybridized carbons (Fsp3) is 0.545. The first-order chi connectivity index (χ1) is 7.41. The van der Waals surface area contributed by atoms with Crippen LogP contribution in [0.3, 0.4) is 0 Å². The fourth-order valence-corrected chi connectivity index (χ4v) is 2.04. The van der Waals surface area contributed by atoms with Gasteiger partial charge in [0.1, 0.15) is 5.54 Å². The van der Waals surface area contributed by atoms with Crippen LogP contribution in [0.15, 0.2) is 11.8 Å². The van der Waals surface area contributed by atoms with Gasteiger partial charge in [-0.3, -0.25) is 19.7 Å². The van der Waals surface area contributed by atoms with Gasteiger partial charge < -0.3 is 4.90 Å². The lowest BCUT2D eigenvalue weighted by atomic mass is 9.97. The van der Waals surface area contributed by atoms with Crippen molar-refractivity contribution < 1.29 is 14.4 Å². The molecule has 5 heteroatoms. The van der Waals surface area contributed by atoms with Crippen LogP contribution in [0.2, 0.25) is 0 Å². The van der Waals surface area contributed by atoms with Gasteiger partial charge in [-0.05, 0) is 20.3 Å². The second-order valence-electron chi connectivity index (χ2n) is 4.62. The molecule has 5 nitrogen and oxygen atoms in total. The van der Waals surface area contributed by atoms with E-state index < -0.39 is 5.54 Å². The number of nitrogens with one attached hydrogen (secondary N) is 1. The Labute approximate surface area is 93.5 Å². The third-order valence-corrected chi connectivity index (χ3v) is 3.09. The van der Waals surface area contributed by atoms with Gasteiger partial charge in [0.25, 0.3) is 5.91 Å². The second kappa shape index (κ2) is 3.43. The van der Waals surface area contributed by atoms with Crippen LogP contribution in [-0.4, -0.2) is 34.6 Å². The molecule has 0 aromatic carbocycles. The van der Waals surface area contributed by atoms with Gasteiger partial charge in [-0.1, -0.05) is 0 Å². The molecular weight excluding hydrogens is 208 g/mol. The molecule has 0 aromatic heterocycles. The molecule has 86 valence electrons. The molecular formula is C11H14N2O3. The summed E-state index contributed by atoms with van der Waals surface area (Å²) < 4.78 is 0. The summed E-state index contributed by atoms with van der Waals surface area (Å²) in [6.07, 6.45) is 2.62. The van der Waals surface area contributed by atoms with Gasteiger partial charge in [0.2, 0.25) is 5.91 Å². The molecule has 0 spiro atoms. The maximum absolute atomic E-state index is 11.7. The molecule has 1 fully saturated rings. The van der Waals surface area contributed by atoms with Crippen LogP contribution in [0.1, 0.15) is 26.7 Å². The molecule has 1 saturated heterocycles. The number of hydrogen-bond acceptors (Lipinski definition) is 4. The van der Waals surface area contributed by atoms with Crippen molar-refractivity contribution in [3.8, 4) is 0 Å². The molecule has 1 aliphatic heterocycles. The van der Waals surface area contributed by atoms with Crippen molar-refractivity contribution in [2.24, 2.45) is 0 Å². The van der Waals surface area contributed by atoms with Crippen molar-refractivity contribution in [1.29, 1.82) is 0 Å². The summed E-state index contributed by atoms with van der Waals surface area (Å²) in [5.74, 6) is -0.571. The summed E-state index contributed by atoms with van der Waals surface area (Å²) in [5, 5.41) is 2.30. The molecule has 0 aromatic rings. The van der Waals surface area contributed by atoms with E-state index in [1.165, 1.54) is 6.08 Å². The summed E-state index contributed by atoms with van der Waals surface area (Å²) in [4.78, 5) is 35.9. The van der Waals surface area contributed by atoms with Crippen LogP contribution in [-0.2, 0) is 14.4 Å². The van der Waals surface area contributed by atoms with E-state index in [0.29, 0.717) is 12.8 Å². The largest absolute Gasteiger partial charge is 0.351 e. The van der Waals surface area contributed by atoms with E-state index in [9.17, 15) is 14.4 Å². The van der Waals surface area contributed by atoms with Crippen LogP contribution < -0.4 is 5.32 Å². The van der Waals surface area contributed by atoms with Gasteiger partial charge in [-0.25, -0.2) is 0 Å². The summed E-state index contributed by atoms with van der Waals surface area (Å²) in [5.41, 5.74) is 0.0166. The van der Waals surface area contributed by atoms with Gasteiger partial charge in [0.15, 0.2) is 5.78 Å². The lowest BCUT2D eigenvalue weighted by molar-refractivity contribution is -0.143. The van der Waals surface area contributed by atoms with E-state index in [2.05, 4.69) is 5.32 Å². The molecule has 1 aliphatic carbocycles. The Morgan fingerprint density at radius 1 is 1.25 bits per heavy atom. The number of carbonyl (C=O) groups excluding carboxylic acids is 3. The number of allylic oxidation sites excluding steroid dienone is 2. The van der Waals surface area contributed by atoms with Gasteiger partial charge in [-0.2, -0.15) is 0 Å². The fourth-order valence-electron chi connectivity index (χ4n) is 2.04. The highest BCUT2D eigenvalue weighted by Gasteiger charge is 2.42. The topological polar surface area (TPSA) is 66.5 Å². The Morgan fingerprint density at radius 3 is 2.50 bits per heavy atom. The first kappa shape index (κ1) is 10.9. The number of hydrogen-bond donors (Lipinski definition) is 1. The molecule has 0 saturated carbocycles. The number of imide groups is 1. The van der Waals surface area contributed by atoms with Crippen LogP contribution in [0, 0.1) is 0 Å². The zero-order valence-corrected chi connectivity index (χ0v) is 9.37. The third-order valence-electron chi connectivity index (χ3n) is 3.09. The van der Waals surface area contributed by atoms with E-state index in [0.717, 1.165) is 5.70 Å². The number of ketones is 1. The smallest absolute Gasteiger partial charge is 0.251 e. The highest BCUT2D eigenvalue weighted by Crippen LogP contribution is 2.28. The predicted molar refractivity (Wildman–Crippen MR) is 56.3 cm³/mol. The maximum Gasteiger partial charge on any atom is 0.251 e. The van der Waals surface area contributed by atoms with Crippen LogP contribution in [0.5, 0.6) is 0 Å². The Kier molecular flexibility index (Phi) is 2.33. The lowest BCUT2D eigenvalue weighted by Crippen LogP contribution is -2.63. The molecule has 0 bridgehead atoms. The normalized spacial score (nSPS) is 24.5. The molecule has 0 unspecified atom stereocenters. The first-order valence-electron chi connectivity index (χ1n) is 5.26. The minimum absolute atomic E-state index is 0.0595. The molecule has 0 atom stereocenters. The summed E-state index contributed by atoms with van der Waals surface area (Å²) in [7, 11) is 0. The molecule has 2 amide bonds. The lowest BCUT2D eigenvalue weighted by Gasteiger charge is -2.42. The van der Waals surface area contributed by atoms with Crippen LogP contribution in [0.25, 0.3) is 0 Å². The summed E-state index contributed by atoms with van der Waals surface area (Å²) in [6, 6.07) is 0. The van der Waals surface area contributed by atoms with E-state index in [-0.39, 0.29) is 24.1 Å². The zero-order valence-electron chi connectivity index (χ0n) is 9.37. The molecule has 2 rings (SSSR count). The molecule has 0 radical (unpaired) electrons. The number of piperazine rings is 1. The summed E-state index contributed by atoms with van der Waals surface area (Å²) in [6.45, 7) is 3.63.